The lowest BCUT2D eigenvalue weighted by Gasteiger charge is -2.36. The van der Waals surface area contributed by atoms with Gasteiger partial charge in [0.05, 0.1) is 12.0 Å². The lowest BCUT2D eigenvalue weighted by Crippen LogP contribution is -2.47. The van der Waals surface area contributed by atoms with Crippen LogP contribution in [0.5, 0.6) is 5.75 Å². The van der Waals surface area contributed by atoms with E-state index in [9.17, 15) is 10.1 Å². The first-order valence-electron chi connectivity index (χ1n) is 7.00. The van der Waals surface area contributed by atoms with E-state index in [1.807, 2.05) is 6.07 Å². The fourth-order valence-electron chi connectivity index (χ4n) is 2.80. The summed E-state index contributed by atoms with van der Waals surface area (Å²) in [6, 6.07) is 5.92. The second kappa shape index (κ2) is 5.28. The molecule has 2 fully saturated rings. The Hall–Kier alpha value is -1.82. The average Bonchev–Trinajstić information content (AvgIpc) is 3.31. The third-order valence-corrected chi connectivity index (χ3v) is 4.10. The van der Waals surface area contributed by atoms with Gasteiger partial charge < -0.3 is 9.64 Å². The molecule has 3 rings (SSSR count). The second-order valence-electron chi connectivity index (χ2n) is 5.37. The molecule has 1 heterocycles. The molecule has 1 aromatic rings. The summed E-state index contributed by atoms with van der Waals surface area (Å²) in [5, 5.41) is 10.9. The van der Waals surface area contributed by atoms with Gasteiger partial charge in [0.1, 0.15) is 0 Å². The minimum absolute atomic E-state index is 0.0212. The van der Waals surface area contributed by atoms with E-state index in [1.54, 1.807) is 6.07 Å². The predicted molar refractivity (Wildman–Crippen MR) is 76.5 cm³/mol. The number of nitrogens with zero attached hydrogens (tertiary/aromatic N) is 3. The van der Waals surface area contributed by atoms with Crippen LogP contribution in [0, 0.1) is 10.1 Å². The van der Waals surface area contributed by atoms with Gasteiger partial charge in [-0.3, -0.25) is 15.0 Å². The molecule has 0 amide bonds. The number of anilines is 1. The molecule has 0 spiro atoms. The molecule has 0 radical (unpaired) electrons. The van der Waals surface area contributed by atoms with Gasteiger partial charge >= 0.3 is 5.69 Å². The third kappa shape index (κ3) is 2.56. The van der Waals surface area contributed by atoms with E-state index in [4.69, 9.17) is 4.74 Å². The summed E-state index contributed by atoms with van der Waals surface area (Å²) in [6.45, 7) is 4.09. The summed E-state index contributed by atoms with van der Waals surface area (Å²) >= 11 is 0. The first-order chi connectivity index (χ1) is 9.69. The monoisotopic (exact) mass is 277 g/mol. The van der Waals surface area contributed by atoms with Crippen LogP contribution in [0.4, 0.5) is 11.4 Å². The van der Waals surface area contributed by atoms with Gasteiger partial charge in [-0.1, -0.05) is 0 Å². The fraction of sp³-hybridized carbons (Fsp3) is 0.571. The van der Waals surface area contributed by atoms with Gasteiger partial charge in [0.25, 0.3) is 0 Å². The molecule has 108 valence electrons. The van der Waals surface area contributed by atoms with Gasteiger partial charge in [-0.2, -0.15) is 0 Å². The van der Waals surface area contributed by atoms with E-state index in [0.717, 1.165) is 37.9 Å². The van der Waals surface area contributed by atoms with Crippen LogP contribution < -0.4 is 9.64 Å². The number of piperazine rings is 1. The van der Waals surface area contributed by atoms with Crippen LogP contribution in [0.1, 0.15) is 12.8 Å². The van der Waals surface area contributed by atoms with Crippen molar-refractivity contribution in [1.82, 2.24) is 4.90 Å². The molecule has 1 aliphatic carbocycles. The zero-order chi connectivity index (χ0) is 14.1. The molecule has 0 aromatic heterocycles. The van der Waals surface area contributed by atoms with Crippen LogP contribution in [-0.2, 0) is 0 Å². The molecule has 6 nitrogen and oxygen atoms in total. The molecule has 1 aliphatic heterocycles. The van der Waals surface area contributed by atoms with Crippen molar-refractivity contribution < 1.29 is 9.66 Å². The Bertz CT molecular complexity index is 508. The van der Waals surface area contributed by atoms with E-state index in [2.05, 4.69) is 9.80 Å². The van der Waals surface area contributed by atoms with E-state index >= 15 is 0 Å². The largest absolute Gasteiger partial charge is 0.490 e. The second-order valence-corrected chi connectivity index (χ2v) is 5.37. The first kappa shape index (κ1) is 13.2. The average molecular weight is 277 g/mol. The van der Waals surface area contributed by atoms with Crippen LogP contribution in [0.15, 0.2) is 18.2 Å². The van der Waals surface area contributed by atoms with E-state index < -0.39 is 4.92 Å². The Balaban J connectivity index is 1.72. The summed E-state index contributed by atoms with van der Waals surface area (Å²) < 4.78 is 5.13. The molecular weight excluding hydrogens is 258 g/mol. The minimum atomic E-state index is -0.409. The van der Waals surface area contributed by atoms with Crippen LogP contribution >= 0.6 is 0 Å². The first-order valence-corrected chi connectivity index (χ1v) is 7.00. The van der Waals surface area contributed by atoms with Crippen molar-refractivity contribution in [3.63, 3.8) is 0 Å². The number of nitro benzene ring substituents is 1. The highest BCUT2D eigenvalue weighted by Gasteiger charge is 2.31. The number of hydrogen-bond donors (Lipinski definition) is 0. The maximum atomic E-state index is 10.9. The Morgan fingerprint density at radius 2 is 1.95 bits per heavy atom. The number of nitro groups is 1. The standard InChI is InChI=1S/C14H19N3O3/c1-20-14-10-12(4-5-13(14)17(18)19)16-8-6-15(7-9-16)11-2-3-11/h4-5,10-11H,2-3,6-9H2,1H3. The van der Waals surface area contributed by atoms with Crippen molar-refractivity contribution in [2.45, 2.75) is 18.9 Å². The van der Waals surface area contributed by atoms with Crippen molar-refractivity contribution in [1.29, 1.82) is 0 Å². The van der Waals surface area contributed by atoms with Crippen molar-refractivity contribution in [3.05, 3.63) is 28.3 Å². The molecule has 20 heavy (non-hydrogen) atoms. The van der Waals surface area contributed by atoms with Crippen LogP contribution in [-0.4, -0.2) is 49.2 Å². The quantitative estimate of drug-likeness (QED) is 0.621. The van der Waals surface area contributed by atoms with Crippen LogP contribution in [0.25, 0.3) is 0 Å². The zero-order valence-corrected chi connectivity index (χ0v) is 11.6. The Morgan fingerprint density at radius 1 is 1.25 bits per heavy atom. The molecule has 1 aromatic carbocycles. The zero-order valence-electron chi connectivity index (χ0n) is 11.6. The normalized spacial score (nSPS) is 19.9. The van der Waals surface area contributed by atoms with Gasteiger partial charge in [0, 0.05) is 50.0 Å². The summed E-state index contributed by atoms with van der Waals surface area (Å²) in [6.07, 6.45) is 2.68. The number of methoxy groups -OCH3 is 1. The van der Waals surface area contributed by atoms with E-state index in [0.29, 0.717) is 5.75 Å². The summed E-state index contributed by atoms with van der Waals surface area (Å²) in [5.74, 6) is 0.331. The SMILES string of the molecule is COc1cc(N2CCN(C3CC3)CC2)ccc1[N+](=O)[O-]. The number of benzene rings is 1. The lowest BCUT2D eigenvalue weighted by molar-refractivity contribution is -0.385. The Labute approximate surface area is 118 Å². The number of hydrogen-bond acceptors (Lipinski definition) is 5. The maximum absolute atomic E-state index is 10.9. The Morgan fingerprint density at radius 3 is 2.50 bits per heavy atom. The predicted octanol–water partition coefficient (Wildman–Crippen LogP) is 1.89. The van der Waals surface area contributed by atoms with E-state index in [1.165, 1.54) is 26.0 Å². The lowest BCUT2D eigenvalue weighted by atomic mass is 10.2. The topological polar surface area (TPSA) is 58.8 Å². The smallest absolute Gasteiger partial charge is 0.311 e. The number of rotatable bonds is 4. The van der Waals surface area contributed by atoms with Crippen molar-refractivity contribution in [2.24, 2.45) is 0 Å². The molecule has 0 bridgehead atoms. The van der Waals surface area contributed by atoms with Crippen molar-refractivity contribution in [3.8, 4) is 5.75 Å². The minimum Gasteiger partial charge on any atom is -0.490 e. The van der Waals surface area contributed by atoms with Gasteiger partial charge in [-0.25, -0.2) is 0 Å². The molecule has 2 aliphatic rings. The molecular formula is C14H19N3O3. The van der Waals surface area contributed by atoms with Gasteiger partial charge in [0.2, 0.25) is 0 Å². The molecule has 1 saturated carbocycles. The highest BCUT2D eigenvalue weighted by atomic mass is 16.6. The maximum Gasteiger partial charge on any atom is 0.311 e. The summed E-state index contributed by atoms with van der Waals surface area (Å²) in [7, 11) is 1.47. The summed E-state index contributed by atoms with van der Waals surface area (Å²) in [5.41, 5.74) is 1.02. The fourth-order valence-corrected chi connectivity index (χ4v) is 2.80. The van der Waals surface area contributed by atoms with Gasteiger partial charge in [-0.15, -0.1) is 0 Å². The highest BCUT2D eigenvalue weighted by molar-refractivity contribution is 5.59. The summed E-state index contributed by atoms with van der Waals surface area (Å²) in [4.78, 5) is 15.3. The van der Waals surface area contributed by atoms with Crippen LogP contribution in [0.3, 0.4) is 0 Å². The van der Waals surface area contributed by atoms with Crippen molar-refractivity contribution in [2.75, 3.05) is 38.2 Å². The molecule has 0 N–H and O–H groups in total. The van der Waals surface area contributed by atoms with E-state index in [-0.39, 0.29) is 5.69 Å². The van der Waals surface area contributed by atoms with Gasteiger partial charge in [0.15, 0.2) is 5.75 Å². The molecule has 0 unspecified atom stereocenters. The molecule has 6 heteroatoms. The van der Waals surface area contributed by atoms with Crippen LogP contribution in [0.2, 0.25) is 0 Å². The third-order valence-electron chi connectivity index (χ3n) is 4.10. The molecule has 1 saturated heterocycles. The molecule has 0 atom stereocenters. The van der Waals surface area contributed by atoms with Gasteiger partial charge in [-0.05, 0) is 18.9 Å². The number of ether oxygens (including phenoxy) is 1. The van der Waals surface area contributed by atoms with Crippen molar-refractivity contribution >= 4 is 11.4 Å². The highest BCUT2D eigenvalue weighted by Crippen LogP contribution is 2.33. The Kier molecular flexibility index (Phi) is 3.48.